The summed E-state index contributed by atoms with van der Waals surface area (Å²) in [6.07, 6.45) is 0. The van der Waals surface area contributed by atoms with E-state index in [-0.39, 0.29) is 0 Å². The number of aromatic nitrogens is 1. The fourth-order valence-electron chi connectivity index (χ4n) is 3.25. The molecule has 4 nitrogen and oxygen atoms in total. The number of hydrogen-bond donors (Lipinski definition) is 0. The van der Waals surface area contributed by atoms with Crippen LogP contribution in [0.25, 0.3) is 11.3 Å². The SMILES string of the molecule is CCOP(=O)(OCC)c1cc(C)n(Cc2ccccc2)c1-c1ccccc1. The molecular weight excluding hydrogens is 357 g/mol. The van der Waals surface area contributed by atoms with Crippen molar-refractivity contribution in [2.24, 2.45) is 0 Å². The second kappa shape index (κ2) is 8.71. The Labute approximate surface area is 161 Å². The Morgan fingerprint density at radius 1 is 0.889 bits per heavy atom. The lowest BCUT2D eigenvalue weighted by atomic mass is 10.1. The van der Waals surface area contributed by atoms with Gasteiger partial charge >= 0.3 is 7.60 Å². The molecule has 0 radical (unpaired) electrons. The Bertz CT molecular complexity index is 909. The van der Waals surface area contributed by atoms with E-state index in [1.807, 2.05) is 75.4 Å². The average Bonchev–Trinajstić information content (AvgIpc) is 3.01. The second-order valence-corrected chi connectivity index (χ2v) is 8.28. The number of benzene rings is 2. The van der Waals surface area contributed by atoms with Gasteiger partial charge in [-0.15, -0.1) is 0 Å². The van der Waals surface area contributed by atoms with Crippen LogP contribution in [0.5, 0.6) is 0 Å². The highest BCUT2D eigenvalue weighted by Gasteiger charge is 2.33. The highest BCUT2D eigenvalue weighted by atomic mass is 31.2. The minimum absolute atomic E-state index is 0.328. The van der Waals surface area contributed by atoms with Crippen LogP contribution in [0.1, 0.15) is 25.1 Å². The molecule has 142 valence electrons. The first-order valence-electron chi connectivity index (χ1n) is 9.28. The summed E-state index contributed by atoms with van der Waals surface area (Å²) in [6, 6.07) is 22.2. The van der Waals surface area contributed by atoms with Crippen LogP contribution in [0.3, 0.4) is 0 Å². The van der Waals surface area contributed by atoms with Gasteiger partial charge in [0.2, 0.25) is 0 Å². The number of hydrogen-bond acceptors (Lipinski definition) is 3. The third kappa shape index (κ3) is 4.24. The maximum atomic E-state index is 13.6. The van der Waals surface area contributed by atoms with Crippen molar-refractivity contribution < 1.29 is 13.6 Å². The first kappa shape index (κ1) is 19.6. The number of nitrogens with zero attached hydrogens (tertiary/aromatic N) is 1. The van der Waals surface area contributed by atoms with Crippen molar-refractivity contribution >= 4 is 12.9 Å². The Balaban J connectivity index is 2.19. The number of rotatable bonds is 8. The molecule has 0 atom stereocenters. The molecule has 1 aromatic heterocycles. The first-order valence-corrected chi connectivity index (χ1v) is 10.8. The van der Waals surface area contributed by atoms with Gasteiger partial charge in [-0.3, -0.25) is 4.57 Å². The molecule has 0 spiro atoms. The van der Waals surface area contributed by atoms with Gasteiger partial charge in [-0.05, 0) is 38.0 Å². The van der Waals surface area contributed by atoms with E-state index in [2.05, 4.69) is 16.7 Å². The summed E-state index contributed by atoms with van der Waals surface area (Å²) in [7, 11) is -3.41. The van der Waals surface area contributed by atoms with Crippen LogP contribution in [0.2, 0.25) is 0 Å². The highest BCUT2D eigenvalue weighted by Crippen LogP contribution is 2.50. The van der Waals surface area contributed by atoms with Gasteiger partial charge in [-0.2, -0.15) is 0 Å². The van der Waals surface area contributed by atoms with Gasteiger partial charge in [0.1, 0.15) is 0 Å². The van der Waals surface area contributed by atoms with Crippen LogP contribution in [0.15, 0.2) is 66.7 Å². The Kier molecular flexibility index (Phi) is 6.33. The van der Waals surface area contributed by atoms with E-state index in [9.17, 15) is 4.57 Å². The van der Waals surface area contributed by atoms with E-state index >= 15 is 0 Å². The molecule has 0 unspecified atom stereocenters. The van der Waals surface area contributed by atoms with E-state index in [4.69, 9.17) is 9.05 Å². The van der Waals surface area contributed by atoms with Crippen molar-refractivity contribution in [3.63, 3.8) is 0 Å². The van der Waals surface area contributed by atoms with Crippen molar-refractivity contribution in [2.75, 3.05) is 13.2 Å². The van der Waals surface area contributed by atoms with Gasteiger partial charge in [-0.1, -0.05) is 60.7 Å². The standard InChI is InChI=1S/C22H26NO3P/c1-4-25-27(24,26-5-2)21-16-18(3)23(17-19-12-8-6-9-13-19)22(21)20-14-10-7-11-15-20/h6-16H,4-5,17H2,1-3H3. The van der Waals surface area contributed by atoms with Crippen LogP contribution in [0, 0.1) is 6.92 Å². The van der Waals surface area contributed by atoms with E-state index < -0.39 is 7.60 Å². The van der Waals surface area contributed by atoms with E-state index in [1.165, 1.54) is 5.56 Å². The van der Waals surface area contributed by atoms with Crippen LogP contribution < -0.4 is 5.30 Å². The van der Waals surface area contributed by atoms with E-state index in [1.54, 1.807) is 0 Å². The van der Waals surface area contributed by atoms with Gasteiger partial charge in [0.15, 0.2) is 0 Å². The molecular formula is C22H26NO3P. The molecule has 0 saturated heterocycles. The largest absolute Gasteiger partial charge is 0.363 e. The van der Waals surface area contributed by atoms with Gasteiger partial charge in [0.05, 0.1) is 24.2 Å². The zero-order chi connectivity index (χ0) is 19.3. The molecule has 0 amide bonds. The summed E-state index contributed by atoms with van der Waals surface area (Å²) in [5, 5.41) is 0.630. The van der Waals surface area contributed by atoms with Gasteiger partial charge < -0.3 is 13.6 Å². The lowest BCUT2D eigenvalue weighted by Crippen LogP contribution is -2.14. The van der Waals surface area contributed by atoms with Crippen molar-refractivity contribution in [3.8, 4) is 11.3 Å². The summed E-state index contributed by atoms with van der Waals surface area (Å²) < 4.78 is 27.1. The summed E-state index contributed by atoms with van der Waals surface area (Å²) in [4.78, 5) is 0. The van der Waals surface area contributed by atoms with Crippen molar-refractivity contribution in [1.29, 1.82) is 0 Å². The average molecular weight is 383 g/mol. The van der Waals surface area contributed by atoms with Crippen LogP contribution in [-0.4, -0.2) is 17.8 Å². The molecule has 3 aromatic rings. The number of aryl methyl sites for hydroxylation is 1. The van der Waals surface area contributed by atoms with Crippen molar-refractivity contribution in [1.82, 2.24) is 4.57 Å². The smallest absolute Gasteiger partial charge is 0.340 e. The molecule has 0 fully saturated rings. The minimum Gasteiger partial charge on any atom is -0.340 e. The Morgan fingerprint density at radius 2 is 1.44 bits per heavy atom. The van der Waals surface area contributed by atoms with E-state index in [0.717, 1.165) is 17.0 Å². The minimum atomic E-state index is -3.41. The zero-order valence-corrected chi connectivity index (χ0v) is 17.0. The molecule has 0 aliphatic rings. The molecule has 0 saturated carbocycles. The molecule has 0 aliphatic heterocycles. The molecule has 1 heterocycles. The Morgan fingerprint density at radius 3 is 2.00 bits per heavy atom. The van der Waals surface area contributed by atoms with Gasteiger partial charge in [0.25, 0.3) is 0 Å². The third-order valence-corrected chi connectivity index (χ3v) is 6.54. The first-order chi connectivity index (χ1) is 13.1. The highest BCUT2D eigenvalue weighted by molar-refractivity contribution is 7.62. The van der Waals surface area contributed by atoms with Crippen molar-refractivity contribution in [2.45, 2.75) is 27.3 Å². The van der Waals surface area contributed by atoms with Crippen molar-refractivity contribution in [3.05, 3.63) is 78.0 Å². The molecule has 0 N–H and O–H groups in total. The molecule has 5 heteroatoms. The molecule has 27 heavy (non-hydrogen) atoms. The van der Waals surface area contributed by atoms with Crippen LogP contribution in [0.4, 0.5) is 0 Å². The lowest BCUT2D eigenvalue weighted by Gasteiger charge is -2.19. The molecule has 3 rings (SSSR count). The predicted octanol–water partition coefficient (Wildman–Crippen LogP) is 5.40. The molecule has 0 bridgehead atoms. The van der Waals surface area contributed by atoms with Gasteiger partial charge in [-0.25, -0.2) is 0 Å². The van der Waals surface area contributed by atoms with Crippen LogP contribution in [-0.2, 0) is 20.2 Å². The fraction of sp³-hybridized carbons (Fsp3) is 0.273. The quantitative estimate of drug-likeness (QED) is 0.489. The Hall–Kier alpha value is -2.13. The monoisotopic (exact) mass is 383 g/mol. The fourth-order valence-corrected chi connectivity index (χ4v) is 5.14. The second-order valence-electron chi connectivity index (χ2n) is 6.29. The summed E-state index contributed by atoms with van der Waals surface area (Å²) >= 11 is 0. The normalized spacial score (nSPS) is 11.7. The summed E-state index contributed by atoms with van der Waals surface area (Å²) in [5.41, 5.74) is 4.09. The molecule has 0 aliphatic carbocycles. The van der Waals surface area contributed by atoms with Gasteiger partial charge in [0, 0.05) is 12.2 Å². The third-order valence-electron chi connectivity index (χ3n) is 4.41. The maximum absolute atomic E-state index is 13.6. The molecule has 2 aromatic carbocycles. The zero-order valence-electron chi connectivity index (χ0n) is 16.1. The predicted molar refractivity (Wildman–Crippen MR) is 111 cm³/mol. The topological polar surface area (TPSA) is 40.5 Å². The summed E-state index contributed by atoms with van der Waals surface area (Å²) in [6.45, 7) is 7.04. The summed E-state index contributed by atoms with van der Waals surface area (Å²) in [5.74, 6) is 0. The lowest BCUT2D eigenvalue weighted by molar-refractivity contribution is 0.230. The van der Waals surface area contributed by atoms with Crippen LogP contribution >= 0.6 is 7.60 Å². The maximum Gasteiger partial charge on any atom is 0.363 e. The van der Waals surface area contributed by atoms with E-state index in [0.29, 0.717) is 25.1 Å².